The van der Waals surface area contributed by atoms with Gasteiger partial charge in [-0.3, -0.25) is 0 Å². The maximum Gasteiger partial charge on any atom is 0.199 e. The lowest BCUT2D eigenvalue weighted by Gasteiger charge is -2.13. The molecule has 2 heteroatoms. The Morgan fingerprint density at radius 2 is 1.44 bits per heavy atom. The first-order valence-electron chi connectivity index (χ1n) is 9.04. The van der Waals surface area contributed by atoms with Gasteiger partial charge in [-0.15, -0.1) is 0 Å². The number of hydrogen-bond donors (Lipinski definition) is 0. The molecule has 0 atom stereocenters. The van der Waals surface area contributed by atoms with Gasteiger partial charge in [-0.1, -0.05) is 42.2 Å². The Kier molecular flexibility index (Phi) is 5.74. The molecule has 0 saturated heterocycles. The normalized spacial score (nSPS) is 12.4. The molecular formula is C25H25N2+. The topological polar surface area (TPSA) is 6.25 Å². The maximum atomic E-state index is 3.41. The molecule has 1 aliphatic rings. The van der Waals surface area contributed by atoms with Crippen molar-refractivity contribution in [2.24, 2.45) is 0 Å². The van der Waals surface area contributed by atoms with Crippen molar-refractivity contribution in [1.29, 1.82) is 0 Å². The van der Waals surface area contributed by atoms with Crippen molar-refractivity contribution in [2.75, 3.05) is 33.1 Å². The second-order valence-corrected chi connectivity index (χ2v) is 6.87. The lowest BCUT2D eigenvalue weighted by Crippen LogP contribution is -2.10. The van der Waals surface area contributed by atoms with Crippen LogP contribution in [0.1, 0.15) is 11.1 Å². The second kappa shape index (κ2) is 8.38. The Morgan fingerprint density at radius 1 is 0.815 bits per heavy atom. The Morgan fingerprint density at radius 3 is 2.00 bits per heavy atom. The van der Waals surface area contributed by atoms with Crippen LogP contribution < -0.4 is 4.90 Å². The number of benzene rings is 2. The van der Waals surface area contributed by atoms with Crippen LogP contribution in [0.5, 0.6) is 0 Å². The minimum Gasteiger partial charge on any atom is -0.378 e. The van der Waals surface area contributed by atoms with Crippen LogP contribution >= 0.6 is 0 Å². The Balaban J connectivity index is 2.07. The van der Waals surface area contributed by atoms with E-state index >= 15 is 0 Å². The fraction of sp³-hybridized carbons (Fsp3) is 0.160. The van der Waals surface area contributed by atoms with E-state index in [1.54, 1.807) is 0 Å². The van der Waals surface area contributed by atoms with Crippen molar-refractivity contribution in [2.45, 2.75) is 0 Å². The van der Waals surface area contributed by atoms with Gasteiger partial charge in [0.1, 0.15) is 14.1 Å². The van der Waals surface area contributed by atoms with Crippen molar-refractivity contribution < 1.29 is 4.58 Å². The van der Waals surface area contributed by atoms with Gasteiger partial charge >= 0.3 is 0 Å². The largest absolute Gasteiger partial charge is 0.378 e. The zero-order valence-electron chi connectivity index (χ0n) is 16.4. The maximum absolute atomic E-state index is 3.41. The van der Waals surface area contributed by atoms with Gasteiger partial charge in [-0.2, -0.15) is 0 Å². The molecule has 2 aromatic carbocycles. The summed E-state index contributed by atoms with van der Waals surface area (Å²) >= 11 is 0. The Hall–Kier alpha value is -3.31. The highest BCUT2D eigenvalue weighted by molar-refractivity contribution is 6.03. The summed E-state index contributed by atoms with van der Waals surface area (Å²) in [5.41, 5.74) is 6.66. The predicted octanol–water partition coefficient (Wildman–Crippen LogP) is 4.40. The van der Waals surface area contributed by atoms with Crippen molar-refractivity contribution in [3.8, 4) is 11.8 Å². The van der Waals surface area contributed by atoms with E-state index < -0.39 is 0 Å². The second-order valence-electron chi connectivity index (χ2n) is 6.87. The minimum atomic E-state index is 1.02. The summed E-state index contributed by atoms with van der Waals surface area (Å²) in [6.07, 6.45) is 8.55. The highest BCUT2D eigenvalue weighted by atomic mass is 15.1. The average molecular weight is 353 g/mol. The molecule has 0 spiro atoms. The van der Waals surface area contributed by atoms with Gasteiger partial charge < -0.3 is 4.90 Å². The zero-order valence-corrected chi connectivity index (χ0v) is 16.4. The molecule has 0 radical (unpaired) electrons. The van der Waals surface area contributed by atoms with Crippen LogP contribution in [-0.2, 0) is 0 Å². The molecule has 0 heterocycles. The molecule has 1 aliphatic carbocycles. The molecule has 0 bridgehead atoms. The van der Waals surface area contributed by atoms with Crippen molar-refractivity contribution in [3.63, 3.8) is 0 Å². The van der Waals surface area contributed by atoms with Crippen LogP contribution in [0, 0.1) is 11.8 Å². The molecular weight excluding hydrogens is 328 g/mol. The Bertz CT molecular complexity index is 968. The van der Waals surface area contributed by atoms with Crippen molar-refractivity contribution >= 4 is 17.0 Å². The summed E-state index contributed by atoms with van der Waals surface area (Å²) < 4.78 is 2.10. The molecule has 2 nitrogen and oxygen atoms in total. The van der Waals surface area contributed by atoms with E-state index in [1.807, 2.05) is 30.3 Å². The van der Waals surface area contributed by atoms with Gasteiger partial charge in [0.2, 0.25) is 0 Å². The van der Waals surface area contributed by atoms with E-state index in [0.717, 1.165) is 22.3 Å². The highest BCUT2D eigenvalue weighted by Gasteiger charge is 2.10. The minimum absolute atomic E-state index is 1.02. The number of anilines is 1. The molecule has 0 saturated carbocycles. The molecule has 0 aliphatic heterocycles. The third kappa shape index (κ3) is 4.65. The molecule has 0 fully saturated rings. The van der Waals surface area contributed by atoms with Crippen LogP contribution in [0.4, 0.5) is 5.69 Å². The van der Waals surface area contributed by atoms with Crippen molar-refractivity contribution in [3.05, 3.63) is 95.6 Å². The molecule has 0 amide bonds. The van der Waals surface area contributed by atoms with Crippen LogP contribution in [0.2, 0.25) is 0 Å². The number of rotatable bonds is 2. The van der Waals surface area contributed by atoms with Crippen LogP contribution in [-0.4, -0.2) is 38.5 Å². The monoisotopic (exact) mass is 353 g/mol. The molecule has 0 N–H and O–H groups in total. The van der Waals surface area contributed by atoms with E-state index in [-0.39, 0.29) is 0 Å². The summed E-state index contributed by atoms with van der Waals surface area (Å²) in [6, 6.07) is 18.7. The number of nitrogens with zero attached hydrogens (tertiary/aromatic N) is 2. The fourth-order valence-corrected chi connectivity index (χ4v) is 2.82. The third-order valence-corrected chi connectivity index (χ3v) is 4.45. The van der Waals surface area contributed by atoms with Crippen LogP contribution in [0.25, 0.3) is 5.57 Å². The molecule has 2 aromatic rings. The molecule has 0 unspecified atom stereocenters. The molecule has 27 heavy (non-hydrogen) atoms. The van der Waals surface area contributed by atoms with E-state index in [0.29, 0.717) is 0 Å². The summed E-state index contributed by atoms with van der Waals surface area (Å²) in [7, 11) is 8.20. The zero-order chi connectivity index (χ0) is 19.2. The first kappa shape index (κ1) is 18.5. The smallest absolute Gasteiger partial charge is 0.199 e. The van der Waals surface area contributed by atoms with E-state index in [9.17, 15) is 0 Å². The van der Waals surface area contributed by atoms with E-state index in [2.05, 4.69) is 98.1 Å². The quantitative estimate of drug-likeness (QED) is 0.573. The van der Waals surface area contributed by atoms with Gasteiger partial charge in [0.25, 0.3) is 0 Å². The molecule has 0 aromatic heterocycles. The van der Waals surface area contributed by atoms with Gasteiger partial charge in [0.05, 0.1) is 0 Å². The summed E-state index contributed by atoms with van der Waals surface area (Å²) in [6.45, 7) is 0. The third-order valence-electron chi connectivity index (χ3n) is 4.45. The standard InChI is InChI=1S/C25H25N2/c1-26(2)23-15-11-21(12-16-23)25(19-10-20-8-6-5-7-9-20)22-13-17-24(18-14-22)27(3)4/h5-9,11-18H,1-4H3/q+1. The van der Waals surface area contributed by atoms with Crippen LogP contribution in [0.3, 0.4) is 0 Å². The molecule has 134 valence electrons. The van der Waals surface area contributed by atoms with E-state index in [4.69, 9.17) is 0 Å². The summed E-state index contributed by atoms with van der Waals surface area (Å²) in [5.74, 6) is 6.71. The lowest BCUT2D eigenvalue weighted by molar-refractivity contribution is -0.462. The van der Waals surface area contributed by atoms with Gasteiger partial charge in [0.15, 0.2) is 5.71 Å². The fourth-order valence-electron chi connectivity index (χ4n) is 2.82. The predicted molar refractivity (Wildman–Crippen MR) is 116 cm³/mol. The molecule has 3 rings (SSSR count). The summed E-state index contributed by atoms with van der Waals surface area (Å²) in [4.78, 5) is 2.10. The van der Waals surface area contributed by atoms with Gasteiger partial charge in [0, 0.05) is 43.1 Å². The summed E-state index contributed by atoms with van der Waals surface area (Å²) in [5, 5.41) is 0. The van der Waals surface area contributed by atoms with E-state index in [1.165, 1.54) is 11.4 Å². The lowest BCUT2D eigenvalue weighted by atomic mass is 9.96. The van der Waals surface area contributed by atoms with Gasteiger partial charge in [-0.05, 0) is 47.6 Å². The Labute approximate surface area is 162 Å². The first-order valence-corrected chi connectivity index (χ1v) is 9.04. The first-order chi connectivity index (χ1) is 13.0. The number of allylic oxidation sites excluding steroid dienone is 6. The van der Waals surface area contributed by atoms with Crippen LogP contribution in [0.15, 0.2) is 84.5 Å². The van der Waals surface area contributed by atoms with Gasteiger partial charge in [-0.25, -0.2) is 4.58 Å². The SMILES string of the molecule is CN(C)c1ccc(C(C#Cc2ccccc2)=C2C=CC(=[N+](C)C)C=C2)cc1. The van der Waals surface area contributed by atoms with Crippen molar-refractivity contribution in [1.82, 2.24) is 0 Å². The average Bonchev–Trinajstić information content (AvgIpc) is 2.69. The number of hydrogen-bond acceptors (Lipinski definition) is 1. The highest BCUT2D eigenvalue weighted by Crippen LogP contribution is 2.24.